The minimum absolute atomic E-state index is 0.000985. The first-order valence-corrected chi connectivity index (χ1v) is 13.5. The molecule has 0 aromatic heterocycles. The van der Waals surface area contributed by atoms with Crippen molar-refractivity contribution < 1.29 is 4.92 Å². The zero-order valence-corrected chi connectivity index (χ0v) is 21.2. The van der Waals surface area contributed by atoms with Gasteiger partial charge in [0, 0.05) is 17.4 Å². The molecule has 0 radical (unpaired) electrons. The molecule has 4 aliphatic carbocycles. The summed E-state index contributed by atoms with van der Waals surface area (Å²) < 4.78 is 0. The number of alkyl halides is 1. The summed E-state index contributed by atoms with van der Waals surface area (Å²) in [6.07, 6.45) is 12.7. The van der Waals surface area contributed by atoms with Crippen LogP contribution in [0.15, 0.2) is 11.3 Å². The summed E-state index contributed by atoms with van der Waals surface area (Å²) in [5.41, 5.74) is 2.04. The van der Waals surface area contributed by atoms with Gasteiger partial charge in [-0.1, -0.05) is 53.9 Å². The molecule has 4 aliphatic rings. The molecule has 3 saturated carbocycles. The molecule has 0 spiro atoms. The molecule has 0 heterocycles. The fourth-order valence-corrected chi connectivity index (χ4v) is 9.20. The van der Waals surface area contributed by atoms with Gasteiger partial charge in [0.05, 0.1) is 4.92 Å². The van der Waals surface area contributed by atoms with Crippen LogP contribution in [-0.2, 0) is 0 Å². The molecular weight excluding hydrogens is 406 g/mol. The molecule has 0 saturated heterocycles. The molecule has 0 bridgehead atoms. The lowest BCUT2D eigenvalue weighted by Crippen LogP contribution is -2.52. The van der Waals surface area contributed by atoms with E-state index < -0.39 is 0 Å². The molecule has 4 heteroatoms. The quantitative estimate of drug-likeness (QED) is 0.232. The second-order valence-electron chi connectivity index (χ2n) is 12.6. The molecule has 7 unspecified atom stereocenters. The summed E-state index contributed by atoms with van der Waals surface area (Å²) in [5, 5.41) is 12.2. The molecule has 0 N–H and O–H groups in total. The van der Waals surface area contributed by atoms with E-state index in [0.29, 0.717) is 35.3 Å². The Morgan fingerprint density at radius 1 is 1.03 bits per heavy atom. The average molecular weight is 450 g/mol. The van der Waals surface area contributed by atoms with Crippen molar-refractivity contribution in [2.24, 2.45) is 46.3 Å². The fraction of sp³-hybridized carbons (Fsp3) is 0.926. The highest BCUT2D eigenvalue weighted by atomic mass is 35.5. The average Bonchev–Trinajstić information content (AvgIpc) is 3.05. The van der Waals surface area contributed by atoms with Gasteiger partial charge in [-0.3, -0.25) is 10.1 Å². The first-order valence-electron chi connectivity index (χ1n) is 13.1. The molecule has 0 aromatic rings. The van der Waals surface area contributed by atoms with Crippen LogP contribution >= 0.6 is 11.6 Å². The molecule has 0 aromatic carbocycles. The predicted molar refractivity (Wildman–Crippen MR) is 129 cm³/mol. The van der Waals surface area contributed by atoms with E-state index in [4.69, 9.17) is 11.6 Å². The van der Waals surface area contributed by atoms with Crippen LogP contribution in [0.4, 0.5) is 0 Å². The number of nitrogens with zero attached hydrogens (tertiary/aromatic N) is 1. The molecule has 4 rings (SSSR count). The van der Waals surface area contributed by atoms with Crippen LogP contribution in [0.25, 0.3) is 0 Å². The van der Waals surface area contributed by atoms with Gasteiger partial charge in [0.25, 0.3) is 0 Å². The highest BCUT2D eigenvalue weighted by molar-refractivity contribution is 6.20. The van der Waals surface area contributed by atoms with Crippen molar-refractivity contribution in [3.63, 3.8) is 0 Å². The van der Waals surface area contributed by atoms with E-state index in [0.717, 1.165) is 42.6 Å². The van der Waals surface area contributed by atoms with Crippen molar-refractivity contribution in [3.8, 4) is 0 Å². The van der Waals surface area contributed by atoms with Crippen molar-refractivity contribution in [2.45, 2.75) is 111 Å². The zero-order valence-electron chi connectivity index (χ0n) is 20.5. The van der Waals surface area contributed by atoms with Gasteiger partial charge in [-0.2, -0.15) is 0 Å². The second-order valence-corrected chi connectivity index (χ2v) is 13.2. The largest absolute Gasteiger partial charge is 0.259 e. The van der Waals surface area contributed by atoms with Gasteiger partial charge >= 0.3 is 0 Å². The Morgan fingerprint density at radius 3 is 2.45 bits per heavy atom. The van der Waals surface area contributed by atoms with Crippen LogP contribution < -0.4 is 0 Å². The Labute approximate surface area is 194 Å². The molecule has 0 aliphatic heterocycles. The van der Waals surface area contributed by atoms with Crippen LogP contribution in [0.1, 0.15) is 105 Å². The summed E-state index contributed by atoms with van der Waals surface area (Å²) >= 11 is 6.51. The number of hydrogen-bond donors (Lipinski definition) is 0. The maximum Gasteiger partial charge on any atom is 0.246 e. The topological polar surface area (TPSA) is 43.1 Å². The molecule has 3 fully saturated rings. The first kappa shape index (κ1) is 23.6. The van der Waals surface area contributed by atoms with Crippen molar-refractivity contribution in [1.29, 1.82) is 0 Å². The van der Waals surface area contributed by atoms with Crippen molar-refractivity contribution in [1.82, 2.24) is 0 Å². The number of allylic oxidation sites excluding steroid dienone is 2. The summed E-state index contributed by atoms with van der Waals surface area (Å²) in [7, 11) is 0. The van der Waals surface area contributed by atoms with Gasteiger partial charge in [-0.25, -0.2) is 0 Å². The number of nitro groups is 1. The third-order valence-electron chi connectivity index (χ3n) is 10.5. The van der Waals surface area contributed by atoms with Crippen LogP contribution in [0, 0.1) is 56.5 Å². The summed E-state index contributed by atoms with van der Waals surface area (Å²) in [6.45, 7) is 12.1. The van der Waals surface area contributed by atoms with Crippen molar-refractivity contribution in [3.05, 3.63) is 21.4 Å². The SMILES string of the molecule is CC(C)CCCC(C)C1CCC2C3CC([N+](=O)[O-])=C4C[C@@H](Cl)CCC4(C)C3CCC12C. The van der Waals surface area contributed by atoms with E-state index in [1.807, 2.05) is 0 Å². The van der Waals surface area contributed by atoms with Crippen molar-refractivity contribution in [2.75, 3.05) is 0 Å². The van der Waals surface area contributed by atoms with E-state index >= 15 is 0 Å². The molecule has 31 heavy (non-hydrogen) atoms. The number of fused-ring (bicyclic) bond motifs is 5. The molecule has 8 atom stereocenters. The third kappa shape index (κ3) is 4.00. The highest BCUT2D eigenvalue weighted by Crippen LogP contribution is 2.68. The minimum Gasteiger partial charge on any atom is -0.259 e. The van der Waals surface area contributed by atoms with Crippen LogP contribution in [-0.4, -0.2) is 10.3 Å². The first-order chi connectivity index (χ1) is 14.6. The summed E-state index contributed by atoms with van der Waals surface area (Å²) in [4.78, 5) is 12.1. The standard InChI is InChI=1S/C27H44ClNO2/c1-17(2)7-6-8-18(3)21-9-10-22-20-16-25(29(30)31)24-15-19(28)11-13-27(24,5)23(20)12-14-26(21,22)4/h17-23H,6-16H2,1-5H3/t18?,19-,20?,21?,22?,23?,26?,27?/m0/s1. The van der Waals surface area contributed by atoms with Gasteiger partial charge in [0.15, 0.2) is 0 Å². The van der Waals surface area contributed by atoms with Gasteiger partial charge in [0.2, 0.25) is 5.70 Å². The van der Waals surface area contributed by atoms with Gasteiger partial charge in [-0.05, 0) is 91.3 Å². The molecule has 176 valence electrons. The third-order valence-corrected chi connectivity index (χ3v) is 10.9. The zero-order chi connectivity index (χ0) is 22.6. The molecule has 3 nitrogen and oxygen atoms in total. The maximum atomic E-state index is 12.2. The van der Waals surface area contributed by atoms with Crippen LogP contribution in [0.5, 0.6) is 0 Å². The van der Waals surface area contributed by atoms with Gasteiger partial charge in [0.1, 0.15) is 0 Å². The normalized spacial score (nSPS) is 43.4. The molecular formula is C27H44ClNO2. The Hall–Kier alpha value is -0.570. The summed E-state index contributed by atoms with van der Waals surface area (Å²) in [5.74, 6) is 4.13. The smallest absolute Gasteiger partial charge is 0.246 e. The Balaban J connectivity index is 1.59. The van der Waals surface area contributed by atoms with Crippen LogP contribution in [0.2, 0.25) is 0 Å². The Bertz CT molecular complexity index is 733. The van der Waals surface area contributed by atoms with E-state index in [1.165, 1.54) is 44.9 Å². The number of hydrogen-bond acceptors (Lipinski definition) is 2. The van der Waals surface area contributed by atoms with Crippen molar-refractivity contribution >= 4 is 11.6 Å². The van der Waals surface area contributed by atoms with Crippen LogP contribution in [0.3, 0.4) is 0 Å². The lowest BCUT2D eigenvalue weighted by molar-refractivity contribution is -0.434. The number of halogens is 1. The second kappa shape index (κ2) is 8.65. The van der Waals surface area contributed by atoms with E-state index in [2.05, 4.69) is 34.6 Å². The highest BCUT2D eigenvalue weighted by Gasteiger charge is 2.61. The monoisotopic (exact) mass is 449 g/mol. The van der Waals surface area contributed by atoms with Gasteiger partial charge < -0.3 is 0 Å². The predicted octanol–water partition coefficient (Wildman–Crippen LogP) is 8.24. The van der Waals surface area contributed by atoms with Gasteiger partial charge in [-0.15, -0.1) is 11.6 Å². The lowest BCUT2D eigenvalue weighted by atomic mass is 9.46. The fourth-order valence-electron chi connectivity index (χ4n) is 8.94. The summed E-state index contributed by atoms with van der Waals surface area (Å²) in [6, 6.07) is 0. The maximum absolute atomic E-state index is 12.2. The Morgan fingerprint density at radius 2 is 1.77 bits per heavy atom. The van der Waals surface area contributed by atoms with E-state index in [-0.39, 0.29) is 15.7 Å². The molecule has 0 amide bonds. The van der Waals surface area contributed by atoms with E-state index in [1.54, 1.807) is 0 Å². The lowest BCUT2D eigenvalue weighted by Gasteiger charge is -2.58. The Kier molecular flexibility index (Phi) is 6.58. The number of rotatable bonds is 6. The van der Waals surface area contributed by atoms with E-state index in [9.17, 15) is 10.1 Å². The minimum atomic E-state index is -0.0361.